The first kappa shape index (κ1) is 16.1. The molecule has 1 rings (SSSR count). The molecule has 0 spiro atoms. The number of hydrogen-bond donors (Lipinski definition) is 1. The summed E-state index contributed by atoms with van der Waals surface area (Å²) in [6.45, 7) is 2.15. The molecule has 0 atom stereocenters. The van der Waals surface area contributed by atoms with Gasteiger partial charge in [-0.05, 0) is 35.0 Å². The highest BCUT2D eigenvalue weighted by Crippen LogP contribution is 2.26. The van der Waals surface area contributed by atoms with E-state index in [-0.39, 0.29) is 23.7 Å². The lowest BCUT2D eigenvalue weighted by atomic mass is 10.2. The van der Waals surface area contributed by atoms with Gasteiger partial charge in [0, 0.05) is 25.2 Å². The Morgan fingerprint density at radius 1 is 1.45 bits per heavy atom. The minimum atomic E-state index is -0.579. The molecule has 7 nitrogen and oxygen atoms in total. The van der Waals surface area contributed by atoms with Crippen LogP contribution >= 0.6 is 15.9 Å². The quantitative estimate of drug-likeness (QED) is 0.648. The van der Waals surface area contributed by atoms with E-state index in [9.17, 15) is 19.7 Å². The van der Waals surface area contributed by atoms with Crippen molar-refractivity contribution in [2.75, 3.05) is 20.1 Å². The van der Waals surface area contributed by atoms with Crippen LogP contribution in [0, 0.1) is 10.1 Å². The number of amides is 2. The normalized spacial score (nSPS) is 9.95. The van der Waals surface area contributed by atoms with Crippen molar-refractivity contribution in [3.8, 4) is 0 Å². The maximum atomic E-state index is 12.1. The molecule has 0 fully saturated rings. The third-order valence-corrected chi connectivity index (χ3v) is 3.16. The van der Waals surface area contributed by atoms with Crippen LogP contribution in [0.1, 0.15) is 17.3 Å². The fraction of sp³-hybridized carbons (Fsp3) is 0.333. The number of nitrogens with one attached hydrogen (secondary N) is 1. The summed E-state index contributed by atoms with van der Waals surface area (Å²) < 4.78 is 0.297. The summed E-state index contributed by atoms with van der Waals surface area (Å²) >= 11 is 3.05. The van der Waals surface area contributed by atoms with E-state index in [2.05, 4.69) is 21.2 Å². The monoisotopic (exact) mass is 343 g/mol. The number of carbonyl (C=O) groups excluding carboxylic acids is 2. The highest BCUT2D eigenvalue weighted by molar-refractivity contribution is 9.10. The lowest BCUT2D eigenvalue weighted by Gasteiger charge is -2.16. The summed E-state index contributed by atoms with van der Waals surface area (Å²) in [6, 6.07) is 4.08. The smallest absolute Gasteiger partial charge is 0.284 e. The molecule has 1 N–H and O–H groups in total. The van der Waals surface area contributed by atoms with Gasteiger partial charge in [-0.3, -0.25) is 19.7 Å². The second-order valence-corrected chi connectivity index (χ2v) is 4.89. The molecule has 0 saturated carbocycles. The van der Waals surface area contributed by atoms with Crippen LogP contribution in [0.3, 0.4) is 0 Å². The Kier molecular flexibility index (Phi) is 5.63. The van der Waals surface area contributed by atoms with Gasteiger partial charge in [0.15, 0.2) is 0 Å². The van der Waals surface area contributed by atoms with Crippen molar-refractivity contribution < 1.29 is 14.5 Å². The number of nitro benzene ring substituents is 1. The van der Waals surface area contributed by atoms with Crippen LogP contribution in [-0.4, -0.2) is 41.8 Å². The number of rotatable bonds is 5. The lowest BCUT2D eigenvalue weighted by Crippen LogP contribution is -2.38. The van der Waals surface area contributed by atoms with Gasteiger partial charge < -0.3 is 10.2 Å². The highest BCUT2D eigenvalue weighted by atomic mass is 79.9. The Morgan fingerprint density at radius 3 is 2.65 bits per heavy atom. The molecule has 1 aromatic carbocycles. The molecule has 1 aromatic rings. The summed E-state index contributed by atoms with van der Waals surface area (Å²) in [5.41, 5.74) is -0.0334. The minimum absolute atomic E-state index is 0.101. The minimum Gasteiger partial charge on any atom is -0.355 e. The van der Waals surface area contributed by atoms with Crippen LogP contribution in [0.5, 0.6) is 0 Å². The second kappa shape index (κ2) is 6.99. The Bertz CT molecular complexity index is 548. The average Bonchev–Trinajstić information content (AvgIpc) is 2.38. The summed E-state index contributed by atoms with van der Waals surface area (Å²) in [5, 5.41) is 13.4. The molecule has 0 radical (unpaired) electrons. The third-order valence-electron chi connectivity index (χ3n) is 2.49. The van der Waals surface area contributed by atoms with Gasteiger partial charge in [0.1, 0.15) is 0 Å². The molecule has 20 heavy (non-hydrogen) atoms. The first-order chi connectivity index (χ1) is 9.36. The molecule has 8 heteroatoms. The largest absolute Gasteiger partial charge is 0.355 e. The topological polar surface area (TPSA) is 92.6 Å². The van der Waals surface area contributed by atoms with Crippen LogP contribution in [-0.2, 0) is 4.79 Å². The number of carbonyl (C=O) groups is 2. The number of halogens is 1. The molecule has 0 bridgehead atoms. The Morgan fingerprint density at radius 2 is 2.10 bits per heavy atom. The Hall–Kier alpha value is -1.96. The molecular weight excluding hydrogens is 330 g/mol. The van der Waals surface area contributed by atoms with E-state index < -0.39 is 10.8 Å². The van der Waals surface area contributed by atoms with Gasteiger partial charge in [-0.25, -0.2) is 0 Å². The van der Waals surface area contributed by atoms with Gasteiger partial charge >= 0.3 is 0 Å². The first-order valence-electron chi connectivity index (χ1n) is 5.83. The van der Waals surface area contributed by atoms with Gasteiger partial charge in [0.25, 0.3) is 11.6 Å². The number of nitrogens with zero attached hydrogens (tertiary/aromatic N) is 2. The molecule has 0 aliphatic heterocycles. The molecule has 108 valence electrons. The van der Waals surface area contributed by atoms with Crippen LogP contribution in [0.2, 0.25) is 0 Å². The Balaban J connectivity index is 2.89. The predicted molar refractivity (Wildman–Crippen MR) is 76.4 cm³/mol. The highest BCUT2D eigenvalue weighted by Gasteiger charge is 2.19. The van der Waals surface area contributed by atoms with Gasteiger partial charge in [0.2, 0.25) is 5.91 Å². The average molecular weight is 344 g/mol. The van der Waals surface area contributed by atoms with E-state index in [1.165, 1.54) is 30.1 Å². The van der Waals surface area contributed by atoms with Crippen molar-refractivity contribution in [1.29, 1.82) is 0 Å². The summed E-state index contributed by atoms with van der Waals surface area (Å²) in [5.74, 6) is -0.734. The zero-order chi connectivity index (χ0) is 15.3. The van der Waals surface area contributed by atoms with E-state index in [0.717, 1.165) is 0 Å². The van der Waals surface area contributed by atoms with Crippen molar-refractivity contribution >= 4 is 33.4 Å². The van der Waals surface area contributed by atoms with Gasteiger partial charge in [-0.1, -0.05) is 0 Å². The standard InChI is InChI=1S/C12H14BrN3O4/c1-3-14-11(17)7-15(2)12(18)8-4-5-9(13)10(6-8)16(19)20/h4-6H,3,7H2,1-2H3,(H,14,17). The molecule has 2 amide bonds. The first-order valence-corrected chi connectivity index (χ1v) is 6.62. The fourth-order valence-electron chi connectivity index (χ4n) is 1.55. The Labute approximate surface area is 124 Å². The van der Waals surface area contributed by atoms with Crippen molar-refractivity contribution in [3.05, 3.63) is 38.3 Å². The number of likely N-dealkylation sites (N-methyl/N-ethyl adjacent to an activating group) is 2. The summed E-state index contributed by atoms with van der Waals surface area (Å²) in [6.07, 6.45) is 0. The van der Waals surface area contributed by atoms with Crippen molar-refractivity contribution in [1.82, 2.24) is 10.2 Å². The number of hydrogen-bond acceptors (Lipinski definition) is 4. The summed E-state index contributed by atoms with van der Waals surface area (Å²) in [4.78, 5) is 34.9. The predicted octanol–water partition coefficient (Wildman–Crippen LogP) is 1.57. The number of nitro groups is 1. The molecule has 0 heterocycles. The van der Waals surface area contributed by atoms with E-state index in [1.807, 2.05) is 0 Å². The van der Waals surface area contributed by atoms with Gasteiger partial charge in [0.05, 0.1) is 15.9 Å². The van der Waals surface area contributed by atoms with E-state index in [0.29, 0.717) is 11.0 Å². The maximum absolute atomic E-state index is 12.1. The molecule has 0 unspecified atom stereocenters. The van der Waals surface area contributed by atoms with Crippen molar-refractivity contribution in [2.24, 2.45) is 0 Å². The molecule has 0 aliphatic carbocycles. The van der Waals surface area contributed by atoms with Crippen molar-refractivity contribution in [3.63, 3.8) is 0 Å². The van der Waals surface area contributed by atoms with Crippen LogP contribution in [0.15, 0.2) is 22.7 Å². The van der Waals surface area contributed by atoms with E-state index in [4.69, 9.17) is 0 Å². The third kappa shape index (κ3) is 4.02. The molecule has 0 aromatic heterocycles. The second-order valence-electron chi connectivity index (χ2n) is 4.04. The summed E-state index contributed by atoms with van der Waals surface area (Å²) in [7, 11) is 1.46. The molecule has 0 aliphatic rings. The van der Waals surface area contributed by atoms with Gasteiger partial charge in [-0.2, -0.15) is 0 Å². The fourth-order valence-corrected chi connectivity index (χ4v) is 1.94. The van der Waals surface area contributed by atoms with Crippen LogP contribution < -0.4 is 5.32 Å². The maximum Gasteiger partial charge on any atom is 0.284 e. The van der Waals surface area contributed by atoms with Crippen molar-refractivity contribution in [2.45, 2.75) is 6.92 Å². The van der Waals surface area contributed by atoms with Gasteiger partial charge in [-0.15, -0.1) is 0 Å². The lowest BCUT2D eigenvalue weighted by molar-refractivity contribution is -0.385. The number of benzene rings is 1. The van der Waals surface area contributed by atoms with Crippen LogP contribution in [0.25, 0.3) is 0 Å². The zero-order valence-corrected chi connectivity index (χ0v) is 12.6. The SMILES string of the molecule is CCNC(=O)CN(C)C(=O)c1ccc(Br)c([N+](=O)[O-])c1. The van der Waals surface area contributed by atoms with E-state index in [1.54, 1.807) is 6.92 Å². The molecular formula is C12H14BrN3O4. The zero-order valence-electron chi connectivity index (χ0n) is 11.1. The van der Waals surface area contributed by atoms with E-state index >= 15 is 0 Å². The molecule has 0 saturated heterocycles. The van der Waals surface area contributed by atoms with Crippen LogP contribution in [0.4, 0.5) is 5.69 Å².